The number of piperidine rings is 1. The van der Waals surface area contributed by atoms with Crippen molar-refractivity contribution in [2.24, 2.45) is 5.11 Å². The fourth-order valence-electron chi connectivity index (χ4n) is 4.36. The summed E-state index contributed by atoms with van der Waals surface area (Å²) < 4.78 is 40.5. The fraction of sp³-hybridized carbons (Fsp3) is 0.259. The molecule has 0 aromatic heterocycles. The smallest absolute Gasteiger partial charge is 0.338 e. The second-order valence-electron chi connectivity index (χ2n) is 8.48. The minimum Gasteiger partial charge on any atom is -0.454 e. The molecule has 1 fully saturated rings. The van der Waals surface area contributed by atoms with E-state index < -0.39 is 42.7 Å². The van der Waals surface area contributed by atoms with E-state index in [2.05, 4.69) is 10.0 Å². The van der Waals surface area contributed by atoms with Gasteiger partial charge in [0.1, 0.15) is 6.04 Å². The van der Waals surface area contributed by atoms with Crippen LogP contribution in [0.2, 0.25) is 0 Å². The van der Waals surface area contributed by atoms with Gasteiger partial charge in [-0.25, -0.2) is 18.4 Å². The maximum atomic E-state index is 14.6. The zero-order valence-corrected chi connectivity index (χ0v) is 19.6. The molecule has 1 unspecified atom stereocenters. The van der Waals surface area contributed by atoms with Crippen molar-refractivity contribution in [2.45, 2.75) is 37.3 Å². The molecule has 0 spiro atoms. The lowest BCUT2D eigenvalue weighted by molar-refractivity contribution is -0.138. The fourth-order valence-corrected chi connectivity index (χ4v) is 4.36. The lowest BCUT2D eigenvalue weighted by Gasteiger charge is -2.46. The van der Waals surface area contributed by atoms with Crippen LogP contribution in [0.3, 0.4) is 0 Å². The first-order chi connectivity index (χ1) is 18.0. The van der Waals surface area contributed by atoms with Gasteiger partial charge in [0.05, 0.1) is 17.2 Å². The molecule has 1 aliphatic rings. The molecule has 1 aliphatic heterocycles. The van der Waals surface area contributed by atoms with Crippen LogP contribution < -0.4 is 0 Å². The van der Waals surface area contributed by atoms with Crippen LogP contribution in [0.1, 0.15) is 26.3 Å². The number of azide groups is 1. The van der Waals surface area contributed by atoms with Crippen molar-refractivity contribution in [3.05, 3.63) is 118 Å². The minimum absolute atomic E-state index is 0.0754. The summed E-state index contributed by atoms with van der Waals surface area (Å²) in [4.78, 5) is 30.1. The van der Waals surface area contributed by atoms with Crippen molar-refractivity contribution >= 4 is 11.9 Å². The molecule has 0 radical (unpaired) electrons. The average molecular weight is 507 g/mol. The molecule has 3 aromatic carbocycles. The van der Waals surface area contributed by atoms with Gasteiger partial charge in [0.15, 0.2) is 12.2 Å². The summed E-state index contributed by atoms with van der Waals surface area (Å²) in [7, 11) is 0. The molecule has 10 heteroatoms. The number of likely N-dealkylation sites (tertiary alicyclic amines) is 1. The van der Waals surface area contributed by atoms with Crippen molar-refractivity contribution < 1.29 is 27.8 Å². The number of carbonyl (C=O) groups is 2. The Hall–Kier alpha value is -4.27. The van der Waals surface area contributed by atoms with Crippen LogP contribution in [-0.4, -0.2) is 54.1 Å². The van der Waals surface area contributed by atoms with Gasteiger partial charge in [-0.2, -0.15) is 0 Å². The number of hydrogen-bond acceptors (Lipinski definition) is 6. The first-order valence-electron chi connectivity index (χ1n) is 11.6. The predicted molar refractivity (Wildman–Crippen MR) is 131 cm³/mol. The molecule has 8 nitrogen and oxygen atoms in total. The molecule has 190 valence electrons. The molecule has 3 aromatic rings. The summed E-state index contributed by atoms with van der Waals surface area (Å²) in [6.45, 7) is -0.0634. The molecular weight excluding hydrogens is 482 g/mol. The van der Waals surface area contributed by atoms with E-state index in [1.54, 1.807) is 66.7 Å². The molecule has 0 saturated carbocycles. The number of nitrogens with zero attached hydrogens (tertiary/aromatic N) is 4. The number of benzene rings is 3. The quantitative estimate of drug-likeness (QED) is 0.179. The molecule has 4 rings (SSSR count). The first kappa shape index (κ1) is 25.8. The van der Waals surface area contributed by atoms with Gasteiger partial charge in [-0.1, -0.05) is 71.8 Å². The Morgan fingerprint density at radius 1 is 0.865 bits per heavy atom. The second-order valence-corrected chi connectivity index (χ2v) is 8.48. The number of esters is 2. The summed E-state index contributed by atoms with van der Waals surface area (Å²) in [6.07, 6.45) is -6.03. The zero-order chi connectivity index (χ0) is 26.2. The van der Waals surface area contributed by atoms with Gasteiger partial charge in [0.2, 0.25) is 0 Å². The highest BCUT2D eigenvalue weighted by molar-refractivity contribution is 5.90. The molecule has 0 aliphatic carbocycles. The first-order valence-corrected chi connectivity index (χ1v) is 11.6. The van der Waals surface area contributed by atoms with E-state index in [4.69, 9.17) is 9.47 Å². The average Bonchev–Trinajstić information content (AvgIpc) is 2.92. The Morgan fingerprint density at radius 2 is 1.35 bits per heavy atom. The maximum Gasteiger partial charge on any atom is 0.338 e. The predicted octanol–water partition coefficient (Wildman–Crippen LogP) is 5.27. The number of carbonyl (C=O) groups excluding carboxylic acids is 2. The molecule has 0 bridgehead atoms. The number of hydrogen-bond donors (Lipinski definition) is 0. The molecule has 1 heterocycles. The Bertz CT molecular complexity index is 1240. The van der Waals surface area contributed by atoms with Crippen LogP contribution in [0.4, 0.5) is 8.78 Å². The van der Waals surface area contributed by atoms with Gasteiger partial charge < -0.3 is 9.47 Å². The van der Waals surface area contributed by atoms with Crippen molar-refractivity contribution in [2.75, 3.05) is 6.54 Å². The summed E-state index contributed by atoms with van der Waals surface area (Å²) in [6, 6.07) is 22.0. The van der Waals surface area contributed by atoms with E-state index in [9.17, 15) is 23.9 Å². The number of ether oxygens (including phenoxy) is 2. The highest BCUT2D eigenvalue weighted by Gasteiger charge is 2.51. The monoisotopic (exact) mass is 506 g/mol. The number of alkyl halides is 2. The lowest BCUT2D eigenvalue weighted by Crippen LogP contribution is -2.64. The third kappa shape index (κ3) is 6.30. The lowest BCUT2D eigenvalue weighted by atomic mass is 9.91. The van der Waals surface area contributed by atoms with E-state index in [0.717, 1.165) is 5.56 Å². The molecule has 0 N–H and O–H groups in total. The molecule has 37 heavy (non-hydrogen) atoms. The van der Waals surface area contributed by atoms with Crippen molar-refractivity contribution in [3.8, 4) is 0 Å². The van der Waals surface area contributed by atoms with Gasteiger partial charge >= 0.3 is 11.9 Å². The van der Waals surface area contributed by atoms with E-state index in [-0.39, 0.29) is 24.2 Å². The zero-order valence-electron chi connectivity index (χ0n) is 19.6. The highest BCUT2D eigenvalue weighted by atomic mass is 19.3. The Labute approximate surface area is 212 Å². The molecular formula is C27H24F2N4O4. The minimum atomic E-state index is -2.97. The summed E-state index contributed by atoms with van der Waals surface area (Å²) in [5, 5.41) is 3.75. The second kappa shape index (κ2) is 12.1. The van der Waals surface area contributed by atoms with Gasteiger partial charge in [0.25, 0.3) is 6.43 Å². The topological polar surface area (TPSA) is 105 Å². The van der Waals surface area contributed by atoms with Crippen LogP contribution in [0.15, 0.2) is 96.1 Å². The van der Waals surface area contributed by atoms with Gasteiger partial charge in [0, 0.05) is 18.0 Å². The summed E-state index contributed by atoms with van der Waals surface area (Å²) in [5.41, 5.74) is 10.3. The van der Waals surface area contributed by atoms with Crippen LogP contribution >= 0.6 is 0 Å². The Kier molecular flexibility index (Phi) is 8.45. The van der Waals surface area contributed by atoms with Gasteiger partial charge in [-0.15, -0.1) is 0 Å². The standard InChI is InChI=1S/C27H24F2N4O4/c28-25(29)22-24(37-27(35)20-14-8-3-9-15-20)23(36-26(34)19-12-6-2-7-13-19)21(31-32-30)17-33(22)16-18-10-4-1-5-11-18/h1-15,21-25H,16-17H2/t21-,22?,23+,24+/m0/s1. The van der Waals surface area contributed by atoms with E-state index in [0.29, 0.717) is 0 Å². The SMILES string of the molecule is [N-]=[N+]=N[C@H]1CN(Cc2ccccc2)C(C(F)F)[C@@H](OC(=O)c2ccccc2)[C@@H]1OC(=O)c1ccccc1. The largest absolute Gasteiger partial charge is 0.454 e. The van der Waals surface area contributed by atoms with Gasteiger partial charge in [-0.05, 0) is 35.4 Å². The van der Waals surface area contributed by atoms with Crippen LogP contribution in [0.5, 0.6) is 0 Å². The third-order valence-electron chi connectivity index (χ3n) is 6.07. The van der Waals surface area contributed by atoms with Crippen LogP contribution in [-0.2, 0) is 16.0 Å². The summed E-state index contributed by atoms with van der Waals surface area (Å²) >= 11 is 0. The van der Waals surface area contributed by atoms with Crippen molar-refractivity contribution in [1.29, 1.82) is 0 Å². The van der Waals surface area contributed by atoms with Crippen LogP contribution in [0, 0.1) is 0 Å². The van der Waals surface area contributed by atoms with E-state index in [1.807, 2.05) is 0 Å². The Morgan fingerprint density at radius 3 is 1.84 bits per heavy atom. The van der Waals surface area contributed by atoms with E-state index >= 15 is 0 Å². The maximum absolute atomic E-state index is 14.6. The van der Waals surface area contributed by atoms with Crippen LogP contribution in [0.25, 0.3) is 10.4 Å². The normalized spacial score (nSPS) is 21.6. The number of rotatable bonds is 8. The highest BCUT2D eigenvalue weighted by Crippen LogP contribution is 2.32. The van der Waals surface area contributed by atoms with Crippen molar-refractivity contribution in [1.82, 2.24) is 4.90 Å². The third-order valence-corrected chi connectivity index (χ3v) is 6.07. The molecule has 0 amide bonds. The Balaban J connectivity index is 1.72. The van der Waals surface area contributed by atoms with Gasteiger partial charge in [-0.3, -0.25) is 4.90 Å². The summed E-state index contributed by atoms with van der Waals surface area (Å²) in [5.74, 6) is -1.67. The molecule has 1 saturated heterocycles. The molecule has 4 atom stereocenters. The number of halogens is 2. The van der Waals surface area contributed by atoms with Crippen molar-refractivity contribution in [3.63, 3.8) is 0 Å². The van der Waals surface area contributed by atoms with E-state index in [1.165, 1.54) is 29.2 Å².